The largest absolute Gasteiger partial charge is 0.494 e. The summed E-state index contributed by atoms with van der Waals surface area (Å²) in [5, 5.41) is 4.57. The van der Waals surface area contributed by atoms with E-state index in [1.807, 2.05) is 31.2 Å². The van der Waals surface area contributed by atoms with E-state index in [9.17, 15) is 13.2 Å². The van der Waals surface area contributed by atoms with Gasteiger partial charge in [-0.2, -0.15) is 5.10 Å². The molecule has 0 aromatic heterocycles. The van der Waals surface area contributed by atoms with Gasteiger partial charge in [0.25, 0.3) is 15.9 Å². The molecule has 1 N–H and O–H groups in total. The van der Waals surface area contributed by atoms with E-state index in [4.69, 9.17) is 16.3 Å². The number of ether oxygens (including phenoxy) is 1. The van der Waals surface area contributed by atoms with Gasteiger partial charge < -0.3 is 4.74 Å². The summed E-state index contributed by atoms with van der Waals surface area (Å²) in [5.41, 5.74) is 4.11. The number of hydrogen-bond acceptors (Lipinski definition) is 5. The maximum absolute atomic E-state index is 13.3. The Bertz CT molecular complexity index is 1210. The fraction of sp³-hybridized carbons (Fsp3) is 0.167. The van der Waals surface area contributed by atoms with Crippen LogP contribution >= 0.6 is 11.6 Å². The molecule has 3 rings (SSSR count). The van der Waals surface area contributed by atoms with Crippen LogP contribution < -0.4 is 14.5 Å². The standard InChI is InChI=1S/C24H24ClN3O4S/c1-3-32-22-15-9-19(10-16-22)18(2)26-27-24(29)17-28(21-13-11-20(25)12-14-21)33(30,31)23-7-5-4-6-8-23/h4-16H,3,17H2,1-2H3,(H,27,29)/b26-18-. The molecule has 33 heavy (non-hydrogen) atoms. The van der Waals surface area contributed by atoms with Gasteiger partial charge in [-0.3, -0.25) is 9.10 Å². The van der Waals surface area contributed by atoms with Crippen LogP contribution in [0.15, 0.2) is 88.9 Å². The van der Waals surface area contributed by atoms with Gasteiger partial charge >= 0.3 is 0 Å². The van der Waals surface area contributed by atoms with Crippen LogP contribution in [0.1, 0.15) is 19.4 Å². The molecule has 1 amide bonds. The highest BCUT2D eigenvalue weighted by Crippen LogP contribution is 2.25. The number of carbonyl (C=O) groups is 1. The van der Waals surface area contributed by atoms with Crippen molar-refractivity contribution in [3.63, 3.8) is 0 Å². The molecular weight excluding hydrogens is 462 g/mol. The Hall–Kier alpha value is -3.36. The predicted octanol–water partition coefficient (Wildman–Crippen LogP) is 4.47. The quantitative estimate of drug-likeness (QED) is 0.357. The first-order valence-corrected chi connectivity index (χ1v) is 12.0. The topological polar surface area (TPSA) is 88.1 Å². The number of hydrogen-bond donors (Lipinski definition) is 1. The highest BCUT2D eigenvalue weighted by molar-refractivity contribution is 7.92. The molecule has 0 unspecified atom stereocenters. The first-order chi connectivity index (χ1) is 15.8. The van der Waals surface area contributed by atoms with E-state index in [0.29, 0.717) is 23.0 Å². The monoisotopic (exact) mass is 485 g/mol. The van der Waals surface area contributed by atoms with Crippen LogP contribution in [0.2, 0.25) is 5.02 Å². The second kappa shape index (κ2) is 11.0. The molecule has 0 spiro atoms. The van der Waals surface area contributed by atoms with Crippen LogP contribution in [-0.4, -0.2) is 33.2 Å². The number of rotatable bonds is 9. The van der Waals surface area contributed by atoms with Crippen molar-refractivity contribution in [2.24, 2.45) is 5.10 Å². The average Bonchev–Trinajstić information content (AvgIpc) is 2.83. The van der Waals surface area contributed by atoms with Gasteiger partial charge in [-0.1, -0.05) is 29.8 Å². The van der Waals surface area contributed by atoms with E-state index in [1.165, 1.54) is 12.1 Å². The summed E-state index contributed by atoms with van der Waals surface area (Å²) in [6.07, 6.45) is 0. The van der Waals surface area contributed by atoms with Crippen molar-refractivity contribution in [2.45, 2.75) is 18.7 Å². The summed E-state index contributed by atoms with van der Waals surface area (Å²) in [5.74, 6) is 0.151. The third-order valence-corrected chi connectivity index (χ3v) is 6.70. The number of anilines is 1. The zero-order valence-electron chi connectivity index (χ0n) is 18.2. The number of sulfonamides is 1. The number of amides is 1. The average molecular weight is 486 g/mol. The maximum atomic E-state index is 13.3. The van der Waals surface area contributed by atoms with Gasteiger partial charge in [0.15, 0.2) is 0 Å². The molecule has 3 aromatic carbocycles. The fourth-order valence-electron chi connectivity index (χ4n) is 2.98. The normalized spacial score (nSPS) is 11.7. The van der Waals surface area contributed by atoms with Crippen molar-refractivity contribution < 1.29 is 17.9 Å². The minimum absolute atomic E-state index is 0.0711. The summed E-state index contributed by atoms with van der Waals surface area (Å²) in [6.45, 7) is 3.76. The van der Waals surface area contributed by atoms with Crippen LogP contribution in [0.5, 0.6) is 5.75 Å². The van der Waals surface area contributed by atoms with Gasteiger partial charge in [0.2, 0.25) is 0 Å². The Morgan fingerprint density at radius 3 is 2.24 bits per heavy atom. The van der Waals surface area contributed by atoms with Crippen LogP contribution in [-0.2, 0) is 14.8 Å². The SMILES string of the molecule is CCOc1ccc(/C(C)=N\NC(=O)CN(c2ccc(Cl)cc2)S(=O)(=O)c2ccccc2)cc1. The Labute approximate surface area is 198 Å². The van der Waals surface area contributed by atoms with E-state index in [1.54, 1.807) is 49.4 Å². The predicted molar refractivity (Wildman–Crippen MR) is 130 cm³/mol. The third kappa shape index (κ3) is 6.34. The molecule has 7 nitrogen and oxygen atoms in total. The van der Waals surface area contributed by atoms with Crippen molar-refractivity contribution in [3.8, 4) is 5.75 Å². The number of carbonyl (C=O) groups excluding carboxylic acids is 1. The first kappa shape index (κ1) is 24.3. The summed E-state index contributed by atoms with van der Waals surface area (Å²) in [4.78, 5) is 12.7. The summed E-state index contributed by atoms with van der Waals surface area (Å²) in [6, 6.07) is 21.4. The molecule has 3 aromatic rings. The lowest BCUT2D eigenvalue weighted by Gasteiger charge is -2.23. The first-order valence-electron chi connectivity index (χ1n) is 10.2. The highest BCUT2D eigenvalue weighted by atomic mass is 35.5. The van der Waals surface area contributed by atoms with Crippen molar-refractivity contribution in [3.05, 3.63) is 89.4 Å². The smallest absolute Gasteiger partial charge is 0.264 e. The van der Waals surface area contributed by atoms with E-state index in [-0.39, 0.29) is 4.90 Å². The Morgan fingerprint density at radius 2 is 1.64 bits per heavy atom. The maximum Gasteiger partial charge on any atom is 0.264 e. The molecule has 0 radical (unpaired) electrons. The number of halogens is 1. The lowest BCUT2D eigenvalue weighted by atomic mass is 10.1. The molecule has 0 atom stereocenters. The summed E-state index contributed by atoms with van der Waals surface area (Å²) >= 11 is 5.95. The van der Waals surface area contributed by atoms with Gasteiger partial charge in [-0.15, -0.1) is 0 Å². The lowest BCUT2D eigenvalue weighted by Crippen LogP contribution is -2.39. The van der Waals surface area contributed by atoms with Gasteiger partial charge in [0, 0.05) is 5.02 Å². The van der Waals surface area contributed by atoms with Crippen molar-refractivity contribution in [1.82, 2.24) is 5.43 Å². The number of nitrogens with one attached hydrogen (secondary N) is 1. The van der Waals surface area contributed by atoms with E-state index >= 15 is 0 Å². The summed E-state index contributed by atoms with van der Waals surface area (Å²) < 4.78 is 33.0. The molecule has 0 saturated carbocycles. The van der Waals surface area contributed by atoms with Crippen LogP contribution in [0.25, 0.3) is 0 Å². The van der Waals surface area contributed by atoms with Crippen LogP contribution in [0, 0.1) is 0 Å². The van der Waals surface area contributed by atoms with E-state index < -0.39 is 22.5 Å². The Kier molecular flexibility index (Phi) is 8.08. The molecule has 0 saturated heterocycles. The second-order valence-corrected chi connectivity index (χ2v) is 9.29. The van der Waals surface area contributed by atoms with Crippen molar-refractivity contribution >= 4 is 38.9 Å². The fourth-order valence-corrected chi connectivity index (χ4v) is 4.55. The molecule has 9 heteroatoms. The van der Waals surface area contributed by atoms with Gasteiger partial charge in [-0.05, 0) is 80.1 Å². The minimum Gasteiger partial charge on any atom is -0.494 e. The Morgan fingerprint density at radius 1 is 1.00 bits per heavy atom. The molecule has 0 aliphatic rings. The minimum atomic E-state index is -4.00. The van der Waals surface area contributed by atoms with E-state index in [0.717, 1.165) is 15.6 Å². The number of nitrogens with zero attached hydrogens (tertiary/aromatic N) is 2. The van der Waals surface area contributed by atoms with Gasteiger partial charge in [0.1, 0.15) is 12.3 Å². The molecule has 0 bridgehead atoms. The van der Waals surface area contributed by atoms with Crippen LogP contribution in [0.3, 0.4) is 0 Å². The molecule has 172 valence electrons. The highest BCUT2D eigenvalue weighted by Gasteiger charge is 2.27. The third-order valence-electron chi connectivity index (χ3n) is 4.66. The number of benzene rings is 3. The molecular formula is C24H24ClN3O4S. The molecule has 0 fully saturated rings. The van der Waals surface area contributed by atoms with Crippen molar-refractivity contribution in [1.29, 1.82) is 0 Å². The summed E-state index contributed by atoms with van der Waals surface area (Å²) in [7, 11) is -4.00. The molecule has 0 aliphatic carbocycles. The van der Waals surface area contributed by atoms with Gasteiger partial charge in [0.05, 0.1) is 22.9 Å². The van der Waals surface area contributed by atoms with Crippen LogP contribution in [0.4, 0.5) is 5.69 Å². The van der Waals surface area contributed by atoms with Gasteiger partial charge in [-0.25, -0.2) is 13.8 Å². The molecule has 0 heterocycles. The number of hydrazone groups is 1. The second-order valence-electron chi connectivity index (χ2n) is 6.99. The molecule has 0 aliphatic heterocycles. The Balaban J connectivity index is 1.80. The zero-order chi connectivity index (χ0) is 23.8. The van der Waals surface area contributed by atoms with E-state index in [2.05, 4.69) is 10.5 Å². The lowest BCUT2D eigenvalue weighted by molar-refractivity contribution is -0.119. The zero-order valence-corrected chi connectivity index (χ0v) is 19.8. The van der Waals surface area contributed by atoms with Crippen molar-refractivity contribution in [2.75, 3.05) is 17.5 Å².